The second kappa shape index (κ2) is 5.24. The molecule has 1 aliphatic rings. The van der Waals surface area contributed by atoms with E-state index in [2.05, 4.69) is 5.32 Å². The number of hydrogen-bond acceptors (Lipinski definition) is 6. The van der Waals surface area contributed by atoms with Crippen molar-refractivity contribution in [3.8, 4) is 0 Å². The third-order valence-electron chi connectivity index (χ3n) is 3.53. The van der Waals surface area contributed by atoms with Gasteiger partial charge in [0.15, 0.2) is 0 Å². The molecule has 0 aromatic heterocycles. The number of halogens is 1. The fourth-order valence-corrected chi connectivity index (χ4v) is 2.47. The van der Waals surface area contributed by atoms with Gasteiger partial charge in [0.1, 0.15) is 5.69 Å². The number of nitro benzene ring substituents is 2. The van der Waals surface area contributed by atoms with Crippen molar-refractivity contribution in [2.75, 3.05) is 24.5 Å². The number of anilines is 1. The van der Waals surface area contributed by atoms with Crippen molar-refractivity contribution in [2.45, 2.75) is 19.4 Å². The van der Waals surface area contributed by atoms with Crippen LogP contribution in [-0.2, 0) is 0 Å². The van der Waals surface area contributed by atoms with Crippen LogP contribution in [0.4, 0.5) is 21.5 Å². The van der Waals surface area contributed by atoms with Crippen molar-refractivity contribution in [1.82, 2.24) is 5.32 Å². The van der Waals surface area contributed by atoms with E-state index in [0.29, 0.717) is 25.7 Å². The Bertz CT molecular complexity index is 605. The molecule has 0 unspecified atom stereocenters. The van der Waals surface area contributed by atoms with Crippen LogP contribution in [0.25, 0.3) is 0 Å². The molecule has 0 saturated carbocycles. The van der Waals surface area contributed by atoms with Gasteiger partial charge in [0.05, 0.1) is 15.9 Å². The predicted molar refractivity (Wildman–Crippen MR) is 74.0 cm³/mol. The molecule has 1 fully saturated rings. The third kappa shape index (κ3) is 2.77. The number of rotatable bonds is 3. The third-order valence-corrected chi connectivity index (χ3v) is 3.53. The monoisotopic (exact) mass is 298 g/mol. The first kappa shape index (κ1) is 15.1. The van der Waals surface area contributed by atoms with Gasteiger partial charge >= 0.3 is 5.69 Å². The second-order valence-corrected chi connectivity index (χ2v) is 5.45. The minimum absolute atomic E-state index is 0.0644. The molecule has 0 bridgehead atoms. The lowest BCUT2D eigenvalue weighted by Crippen LogP contribution is -2.58. The molecule has 0 spiro atoms. The molecule has 1 aromatic carbocycles. The van der Waals surface area contributed by atoms with Gasteiger partial charge in [-0.3, -0.25) is 20.2 Å². The molecule has 1 N–H and O–H groups in total. The number of hydrogen-bond donors (Lipinski definition) is 1. The van der Waals surface area contributed by atoms with Gasteiger partial charge in [-0.25, -0.2) is 0 Å². The van der Waals surface area contributed by atoms with Gasteiger partial charge in [-0.15, -0.1) is 0 Å². The molecule has 1 saturated heterocycles. The molecule has 9 heteroatoms. The van der Waals surface area contributed by atoms with Gasteiger partial charge in [-0.05, 0) is 13.8 Å². The molecule has 8 nitrogen and oxygen atoms in total. The van der Waals surface area contributed by atoms with E-state index in [1.54, 1.807) is 4.90 Å². The normalized spacial score (nSPS) is 17.6. The molecular formula is C12H15FN4O4. The Kier molecular flexibility index (Phi) is 3.77. The Morgan fingerprint density at radius 2 is 1.86 bits per heavy atom. The van der Waals surface area contributed by atoms with Crippen molar-refractivity contribution < 1.29 is 14.2 Å². The summed E-state index contributed by atoms with van der Waals surface area (Å²) < 4.78 is 13.8. The number of nitro groups is 2. The van der Waals surface area contributed by atoms with E-state index in [4.69, 9.17) is 0 Å². The van der Waals surface area contributed by atoms with Crippen LogP contribution in [0.3, 0.4) is 0 Å². The van der Waals surface area contributed by atoms with E-state index >= 15 is 0 Å². The fourth-order valence-electron chi connectivity index (χ4n) is 2.47. The summed E-state index contributed by atoms with van der Waals surface area (Å²) in [7, 11) is 0. The lowest BCUT2D eigenvalue weighted by molar-refractivity contribution is -0.395. The predicted octanol–water partition coefficient (Wildman–Crippen LogP) is 1.83. The lowest BCUT2D eigenvalue weighted by Gasteiger charge is -2.44. The van der Waals surface area contributed by atoms with Crippen LogP contribution in [0.1, 0.15) is 13.8 Å². The molecule has 0 atom stereocenters. The van der Waals surface area contributed by atoms with Crippen molar-refractivity contribution in [3.63, 3.8) is 0 Å². The molecule has 21 heavy (non-hydrogen) atoms. The molecule has 1 heterocycles. The van der Waals surface area contributed by atoms with Crippen LogP contribution in [0, 0.1) is 26.0 Å². The molecule has 1 aliphatic heterocycles. The average Bonchev–Trinajstić information content (AvgIpc) is 2.37. The summed E-state index contributed by atoms with van der Waals surface area (Å²) in [6, 6.07) is 1.56. The van der Waals surface area contributed by atoms with Crippen molar-refractivity contribution >= 4 is 17.1 Å². The maximum absolute atomic E-state index is 13.8. The Morgan fingerprint density at radius 1 is 1.24 bits per heavy atom. The molecule has 0 aliphatic carbocycles. The average molecular weight is 298 g/mol. The summed E-state index contributed by atoms with van der Waals surface area (Å²) >= 11 is 0. The highest BCUT2D eigenvalue weighted by Gasteiger charge is 2.36. The minimum Gasteiger partial charge on any atom is -0.358 e. The van der Waals surface area contributed by atoms with E-state index < -0.39 is 32.6 Å². The van der Waals surface area contributed by atoms with E-state index in [9.17, 15) is 24.6 Å². The zero-order valence-electron chi connectivity index (χ0n) is 11.6. The van der Waals surface area contributed by atoms with Crippen molar-refractivity contribution in [1.29, 1.82) is 0 Å². The zero-order chi connectivity index (χ0) is 15.8. The van der Waals surface area contributed by atoms with E-state index in [1.165, 1.54) is 0 Å². The number of nitrogens with one attached hydrogen (secondary N) is 1. The van der Waals surface area contributed by atoms with E-state index in [1.807, 2.05) is 13.8 Å². The van der Waals surface area contributed by atoms with Crippen molar-refractivity contribution in [3.05, 3.63) is 38.2 Å². The smallest absolute Gasteiger partial charge is 0.311 e. The molecular weight excluding hydrogens is 283 g/mol. The summed E-state index contributed by atoms with van der Waals surface area (Å²) in [5.41, 5.74) is -1.75. The van der Waals surface area contributed by atoms with Crippen molar-refractivity contribution in [2.24, 2.45) is 0 Å². The molecule has 0 amide bonds. The molecule has 1 aromatic rings. The number of piperazine rings is 1. The van der Waals surface area contributed by atoms with Crippen LogP contribution in [0.15, 0.2) is 12.1 Å². The minimum atomic E-state index is -1.07. The van der Waals surface area contributed by atoms with Crippen LogP contribution in [0.2, 0.25) is 0 Å². The first-order chi connectivity index (χ1) is 9.74. The standard InChI is InChI=1S/C12H15FN4O4/c1-12(2)7-14-3-4-15(12)10-5-8(13)9(16(18)19)6-11(10)17(20)21/h5-6,14H,3-4,7H2,1-2H3. The Balaban J connectivity index is 2.59. The summed E-state index contributed by atoms with van der Waals surface area (Å²) in [5, 5.41) is 25.1. The lowest BCUT2D eigenvalue weighted by atomic mass is 9.98. The highest BCUT2D eigenvalue weighted by molar-refractivity contribution is 5.68. The maximum Gasteiger partial charge on any atom is 0.311 e. The van der Waals surface area contributed by atoms with Crippen LogP contribution >= 0.6 is 0 Å². The van der Waals surface area contributed by atoms with Gasteiger partial charge in [0.25, 0.3) is 5.69 Å². The van der Waals surface area contributed by atoms with Crippen LogP contribution in [-0.4, -0.2) is 35.0 Å². The summed E-state index contributed by atoms with van der Waals surface area (Å²) in [4.78, 5) is 21.9. The topological polar surface area (TPSA) is 102 Å². The largest absolute Gasteiger partial charge is 0.358 e. The highest BCUT2D eigenvalue weighted by atomic mass is 19.1. The zero-order valence-corrected chi connectivity index (χ0v) is 11.6. The molecule has 114 valence electrons. The SMILES string of the molecule is CC1(C)CNCCN1c1cc(F)c([N+](=O)[O-])cc1[N+](=O)[O-]. The van der Waals surface area contributed by atoms with Gasteiger partial charge in [-0.2, -0.15) is 4.39 Å². The molecule has 0 radical (unpaired) electrons. The van der Waals surface area contributed by atoms with Gasteiger partial charge in [0, 0.05) is 31.2 Å². The van der Waals surface area contributed by atoms with Crippen LogP contribution in [0.5, 0.6) is 0 Å². The van der Waals surface area contributed by atoms with Crippen LogP contribution < -0.4 is 10.2 Å². The maximum atomic E-state index is 13.8. The van der Waals surface area contributed by atoms with Gasteiger partial charge in [-0.1, -0.05) is 0 Å². The molecule has 2 rings (SSSR count). The number of benzene rings is 1. The second-order valence-electron chi connectivity index (χ2n) is 5.45. The van der Waals surface area contributed by atoms with E-state index in [0.717, 1.165) is 6.07 Å². The Hall–Kier alpha value is -2.29. The summed E-state index contributed by atoms with van der Waals surface area (Å²) in [6.07, 6.45) is 0. The van der Waals surface area contributed by atoms with E-state index in [-0.39, 0.29) is 5.69 Å². The quantitative estimate of drug-likeness (QED) is 0.674. The Morgan fingerprint density at radius 3 is 2.38 bits per heavy atom. The Labute approximate surface area is 119 Å². The van der Waals surface area contributed by atoms with Gasteiger partial charge in [0.2, 0.25) is 5.82 Å². The first-order valence-corrected chi connectivity index (χ1v) is 6.35. The first-order valence-electron chi connectivity index (χ1n) is 6.35. The summed E-state index contributed by atoms with van der Waals surface area (Å²) in [5.74, 6) is -1.07. The highest BCUT2D eigenvalue weighted by Crippen LogP contribution is 2.37. The van der Waals surface area contributed by atoms with Gasteiger partial charge < -0.3 is 10.2 Å². The number of nitrogens with zero attached hydrogens (tertiary/aromatic N) is 3. The summed E-state index contributed by atoms with van der Waals surface area (Å²) in [6.45, 7) is 5.34. The fraction of sp³-hybridized carbons (Fsp3) is 0.500.